The van der Waals surface area contributed by atoms with Crippen LogP contribution in [0.3, 0.4) is 0 Å². The molecule has 4 rings (SSSR count). The minimum atomic E-state index is -3.73. The van der Waals surface area contributed by atoms with Crippen LogP contribution in [0.15, 0.2) is 24.3 Å². The van der Waals surface area contributed by atoms with Crippen LogP contribution >= 0.6 is 0 Å². The van der Waals surface area contributed by atoms with Crippen molar-refractivity contribution in [2.45, 2.75) is 64.4 Å². The average molecular weight is 436 g/mol. The molecule has 2 fully saturated rings. The van der Waals surface area contributed by atoms with E-state index < -0.39 is 16.3 Å². The van der Waals surface area contributed by atoms with Crippen LogP contribution in [0.1, 0.15) is 58.3 Å². The summed E-state index contributed by atoms with van der Waals surface area (Å²) < 4.78 is 36.1. The van der Waals surface area contributed by atoms with Crippen LogP contribution in [0.5, 0.6) is 5.75 Å². The summed E-state index contributed by atoms with van der Waals surface area (Å²) in [4.78, 5) is 12.5. The zero-order chi connectivity index (χ0) is 21.2. The Morgan fingerprint density at radius 1 is 1.13 bits per heavy atom. The molecule has 2 aliphatic heterocycles. The molecule has 166 valence electrons. The van der Waals surface area contributed by atoms with E-state index in [4.69, 9.17) is 4.74 Å². The third-order valence-corrected chi connectivity index (χ3v) is 8.80. The molecule has 3 aliphatic rings. The lowest BCUT2D eigenvalue weighted by atomic mass is 9.68. The first-order valence-corrected chi connectivity index (χ1v) is 12.7. The van der Waals surface area contributed by atoms with Crippen LogP contribution < -0.4 is 14.4 Å². The molecule has 1 amide bonds. The highest BCUT2D eigenvalue weighted by Gasteiger charge is 2.43. The smallest absolute Gasteiger partial charge is 0.304 e. The largest absolute Gasteiger partial charge is 0.476 e. The Labute approximate surface area is 179 Å². The summed E-state index contributed by atoms with van der Waals surface area (Å²) in [5, 5.41) is 2.82. The Bertz CT molecular complexity index is 857. The third kappa shape index (κ3) is 4.17. The molecule has 0 aromatic heterocycles. The van der Waals surface area contributed by atoms with Gasteiger partial charge in [0, 0.05) is 19.6 Å². The molecule has 1 atom stereocenters. The van der Waals surface area contributed by atoms with Gasteiger partial charge in [-0.05, 0) is 49.7 Å². The van der Waals surface area contributed by atoms with Gasteiger partial charge in [-0.2, -0.15) is 12.7 Å². The minimum Gasteiger partial charge on any atom is -0.476 e. The average Bonchev–Trinajstić information content (AvgIpc) is 2.77. The van der Waals surface area contributed by atoms with Crippen LogP contribution in [0, 0.1) is 5.41 Å². The fourth-order valence-electron chi connectivity index (χ4n) is 5.05. The van der Waals surface area contributed by atoms with E-state index in [9.17, 15) is 13.2 Å². The SMILES string of the molecule is CCCNC(=O)C1CN(S(=O)(=O)N2CCC3(CCCCC3)CC2)c2ccccc2O1. The van der Waals surface area contributed by atoms with Gasteiger partial charge in [0.25, 0.3) is 5.91 Å². The molecule has 1 aliphatic carbocycles. The number of para-hydroxylation sites is 2. The highest BCUT2D eigenvalue weighted by Crippen LogP contribution is 2.45. The fourth-order valence-corrected chi connectivity index (χ4v) is 6.70. The zero-order valence-electron chi connectivity index (χ0n) is 17.8. The van der Waals surface area contributed by atoms with E-state index in [-0.39, 0.29) is 12.5 Å². The van der Waals surface area contributed by atoms with Gasteiger partial charge in [-0.3, -0.25) is 4.79 Å². The Balaban J connectivity index is 1.54. The number of hydrogen-bond donors (Lipinski definition) is 1. The molecule has 1 unspecified atom stereocenters. The maximum absolute atomic E-state index is 13.6. The number of nitrogens with zero attached hydrogens (tertiary/aromatic N) is 2. The van der Waals surface area contributed by atoms with Gasteiger partial charge in [-0.1, -0.05) is 38.3 Å². The number of anilines is 1. The van der Waals surface area contributed by atoms with Crippen molar-refractivity contribution in [3.05, 3.63) is 24.3 Å². The van der Waals surface area contributed by atoms with E-state index in [1.165, 1.54) is 36.4 Å². The number of nitrogens with one attached hydrogen (secondary N) is 1. The van der Waals surface area contributed by atoms with E-state index in [2.05, 4.69) is 5.32 Å². The lowest BCUT2D eigenvalue weighted by molar-refractivity contribution is -0.127. The molecule has 1 aromatic carbocycles. The molecule has 2 heterocycles. The highest BCUT2D eigenvalue weighted by molar-refractivity contribution is 7.90. The second kappa shape index (κ2) is 8.75. The maximum Gasteiger partial charge on any atom is 0.304 e. The van der Waals surface area contributed by atoms with Crippen molar-refractivity contribution < 1.29 is 17.9 Å². The number of ether oxygens (including phenoxy) is 1. The normalized spacial score (nSPS) is 24.2. The monoisotopic (exact) mass is 435 g/mol. The van der Waals surface area contributed by atoms with E-state index in [1.54, 1.807) is 28.6 Å². The number of hydrogen-bond acceptors (Lipinski definition) is 4. The number of fused-ring (bicyclic) bond motifs is 1. The van der Waals surface area contributed by atoms with Crippen molar-refractivity contribution in [1.82, 2.24) is 9.62 Å². The molecule has 1 spiro atoms. The van der Waals surface area contributed by atoms with Crippen LogP contribution in [0.4, 0.5) is 5.69 Å². The number of amides is 1. The molecule has 8 heteroatoms. The number of piperidine rings is 1. The molecule has 0 bridgehead atoms. The fraction of sp³-hybridized carbons (Fsp3) is 0.682. The molecule has 1 aromatic rings. The van der Waals surface area contributed by atoms with E-state index >= 15 is 0 Å². The zero-order valence-corrected chi connectivity index (χ0v) is 18.6. The number of carbonyl (C=O) groups excluding carboxylic acids is 1. The Morgan fingerprint density at radius 3 is 2.53 bits per heavy atom. The number of benzene rings is 1. The summed E-state index contributed by atoms with van der Waals surface area (Å²) in [6, 6.07) is 7.07. The van der Waals surface area contributed by atoms with Crippen LogP contribution in [-0.4, -0.2) is 50.9 Å². The molecule has 1 N–H and O–H groups in total. The Kier molecular flexibility index (Phi) is 6.25. The molecule has 1 saturated carbocycles. The van der Waals surface area contributed by atoms with Crippen molar-refractivity contribution in [3.63, 3.8) is 0 Å². The lowest BCUT2D eigenvalue weighted by Crippen LogP contribution is -2.55. The summed E-state index contributed by atoms with van der Waals surface area (Å²) in [5.41, 5.74) is 0.838. The van der Waals surface area contributed by atoms with Crippen LogP contribution in [-0.2, 0) is 15.0 Å². The molecule has 1 saturated heterocycles. The van der Waals surface area contributed by atoms with E-state index in [0.29, 0.717) is 36.5 Å². The Morgan fingerprint density at radius 2 is 1.83 bits per heavy atom. The van der Waals surface area contributed by atoms with Crippen molar-refractivity contribution in [2.75, 3.05) is 30.5 Å². The topological polar surface area (TPSA) is 79.0 Å². The lowest BCUT2D eigenvalue weighted by Gasteiger charge is -2.45. The minimum absolute atomic E-state index is 0.00344. The first-order valence-electron chi connectivity index (χ1n) is 11.3. The van der Waals surface area contributed by atoms with Gasteiger partial charge in [0.15, 0.2) is 6.10 Å². The van der Waals surface area contributed by atoms with Crippen molar-refractivity contribution in [1.29, 1.82) is 0 Å². The van der Waals surface area contributed by atoms with Gasteiger partial charge in [0.2, 0.25) is 0 Å². The molecular formula is C22H33N3O4S. The summed E-state index contributed by atoms with van der Waals surface area (Å²) in [6.45, 7) is 3.62. The third-order valence-electron chi connectivity index (χ3n) is 6.88. The second-order valence-electron chi connectivity index (χ2n) is 8.86. The number of carbonyl (C=O) groups is 1. The van der Waals surface area contributed by atoms with Gasteiger partial charge in [0.05, 0.1) is 12.2 Å². The summed E-state index contributed by atoms with van der Waals surface area (Å²) >= 11 is 0. The van der Waals surface area contributed by atoms with Gasteiger partial charge in [0.1, 0.15) is 5.75 Å². The second-order valence-corrected chi connectivity index (χ2v) is 10.7. The van der Waals surface area contributed by atoms with Crippen LogP contribution in [0.2, 0.25) is 0 Å². The summed E-state index contributed by atoms with van der Waals surface area (Å²) in [7, 11) is -3.73. The van der Waals surface area contributed by atoms with E-state index in [0.717, 1.165) is 19.3 Å². The van der Waals surface area contributed by atoms with Gasteiger partial charge in [-0.15, -0.1) is 0 Å². The molecule has 30 heavy (non-hydrogen) atoms. The summed E-state index contributed by atoms with van der Waals surface area (Å²) in [5.74, 6) is 0.163. The van der Waals surface area contributed by atoms with Crippen molar-refractivity contribution in [3.8, 4) is 5.75 Å². The first kappa shape index (κ1) is 21.4. The van der Waals surface area contributed by atoms with Crippen molar-refractivity contribution in [2.24, 2.45) is 5.41 Å². The van der Waals surface area contributed by atoms with E-state index in [1.807, 2.05) is 6.92 Å². The maximum atomic E-state index is 13.6. The number of rotatable bonds is 5. The predicted molar refractivity (Wildman–Crippen MR) is 117 cm³/mol. The summed E-state index contributed by atoms with van der Waals surface area (Å²) in [6.07, 6.45) is 8.09. The van der Waals surface area contributed by atoms with Crippen molar-refractivity contribution >= 4 is 21.8 Å². The Hall–Kier alpha value is -1.80. The van der Waals surface area contributed by atoms with Gasteiger partial charge >= 0.3 is 10.2 Å². The van der Waals surface area contributed by atoms with Crippen LogP contribution in [0.25, 0.3) is 0 Å². The molecule has 0 radical (unpaired) electrons. The first-order chi connectivity index (χ1) is 14.5. The quantitative estimate of drug-likeness (QED) is 0.771. The van der Waals surface area contributed by atoms with Gasteiger partial charge in [-0.25, -0.2) is 4.31 Å². The molecular weight excluding hydrogens is 402 g/mol. The standard InChI is InChI=1S/C22H33N3O4S/c1-2-14-23-21(26)20-17-25(18-8-4-5-9-19(18)29-20)30(27,28)24-15-12-22(13-16-24)10-6-3-7-11-22/h4-5,8-9,20H,2-3,6-7,10-17H2,1H3,(H,23,26). The molecule has 7 nitrogen and oxygen atoms in total. The highest BCUT2D eigenvalue weighted by atomic mass is 32.2. The predicted octanol–water partition coefficient (Wildman–Crippen LogP) is 3.07. The van der Waals surface area contributed by atoms with Gasteiger partial charge < -0.3 is 10.1 Å².